The molecule has 0 amide bonds. The van der Waals surface area contributed by atoms with Crippen LogP contribution in [-0.2, 0) is 4.79 Å². The normalized spacial score (nSPS) is 17.8. The van der Waals surface area contributed by atoms with Crippen molar-refractivity contribution in [2.24, 2.45) is 0 Å². The zero-order valence-electron chi connectivity index (χ0n) is 16.2. The minimum atomic E-state index is -1.12. The lowest BCUT2D eigenvalue weighted by atomic mass is 10.0. The fourth-order valence-corrected chi connectivity index (χ4v) is 3.25. The molecule has 5 nitrogen and oxygen atoms in total. The predicted octanol–water partition coefficient (Wildman–Crippen LogP) is 5.57. The van der Waals surface area contributed by atoms with Crippen molar-refractivity contribution in [3.8, 4) is 23.0 Å². The third kappa shape index (κ3) is 4.04. The molecule has 0 spiro atoms. The Morgan fingerprint density at radius 3 is 1.97 bits per heavy atom. The van der Waals surface area contributed by atoms with Gasteiger partial charge in [-0.05, 0) is 53.4 Å². The predicted molar refractivity (Wildman–Crippen MR) is 109 cm³/mol. The highest BCUT2D eigenvalue weighted by atomic mass is 16.6. The van der Waals surface area contributed by atoms with E-state index in [1.165, 1.54) is 5.56 Å². The maximum atomic E-state index is 11.7. The van der Waals surface area contributed by atoms with Crippen molar-refractivity contribution in [2.75, 3.05) is 0 Å². The molecule has 5 heteroatoms. The number of rotatable bonds is 5. The molecule has 1 aliphatic rings. The van der Waals surface area contributed by atoms with Crippen molar-refractivity contribution in [3.63, 3.8) is 0 Å². The molecule has 4 rings (SSSR count). The minimum Gasteiger partial charge on any atom is -0.478 e. The van der Waals surface area contributed by atoms with Crippen molar-refractivity contribution in [1.82, 2.24) is 0 Å². The van der Waals surface area contributed by atoms with Crippen LogP contribution >= 0.6 is 0 Å². The first-order chi connectivity index (χ1) is 14.0. The summed E-state index contributed by atoms with van der Waals surface area (Å²) >= 11 is 0. The molecule has 1 aliphatic heterocycles. The molecule has 29 heavy (non-hydrogen) atoms. The second kappa shape index (κ2) is 7.87. The molecule has 148 valence electrons. The Bertz CT molecular complexity index is 993. The van der Waals surface area contributed by atoms with Crippen LogP contribution in [0.15, 0.2) is 72.8 Å². The van der Waals surface area contributed by atoms with Gasteiger partial charge in [-0.2, -0.15) is 0 Å². The first-order valence-corrected chi connectivity index (χ1v) is 9.54. The molecule has 1 N–H and O–H groups in total. The number of carboxylic acids is 1. The van der Waals surface area contributed by atoms with Crippen molar-refractivity contribution >= 4 is 5.97 Å². The quantitative estimate of drug-likeness (QED) is 0.617. The fourth-order valence-electron chi connectivity index (χ4n) is 3.25. The fraction of sp³-hybridized carbons (Fsp3) is 0.208. The Morgan fingerprint density at radius 1 is 0.862 bits per heavy atom. The lowest BCUT2D eigenvalue weighted by Gasteiger charge is -2.31. The van der Waals surface area contributed by atoms with E-state index in [-0.39, 0.29) is 0 Å². The van der Waals surface area contributed by atoms with Gasteiger partial charge >= 0.3 is 5.97 Å². The summed E-state index contributed by atoms with van der Waals surface area (Å²) in [6.07, 6.45) is -1.87. The van der Waals surface area contributed by atoms with Gasteiger partial charge in [0.25, 0.3) is 0 Å². The molecule has 2 unspecified atom stereocenters. The van der Waals surface area contributed by atoms with E-state index in [9.17, 15) is 9.90 Å². The van der Waals surface area contributed by atoms with Gasteiger partial charge < -0.3 is 19.3 Å². The maximum Gasteiger partial charge on any atom is 0.349 e. The Morgan fingerprint density at radius 2 is 1.41 bits per heavy atom. The molecule has 2 atom stereocenters. The summed E-state index contributed by atoms with van der Waals surface area (Å²) in [6, 6.07) is 22.3. The highest BCUT2D eigenvalue weighted by Crippen LogP contribution is 2.39. The highest BCUT2D eigenvalue weighted by Gasteiger charge is 2.38. The molecular weight excluding hydrogens is 368 g/mol. The summed E-state index contributed by atoms with van der Waals surface area (Å²) in [4.78, 5) is 11.7. The lowest BCUT2D eigenvalue weighted by molar-refractivity contribution is -0.151. The van der Waals surface area contributed by atoms with Crippen molar-refractivity contribution in [1.29, 1.82) is 0 Å². The average Bonchev–Trinajstić information content (AvgIpc) is 2.73. The van der Waals surface area contributed by atoms with Crippen molar-refractivity contribution in [3.05, 3.63) is 83.9 Å². The zero-order valence-corrected chi connectivity index (χ0v) is 16.2. The standard InChI is InChI=1S/C24H22O5/c1-15(2)16-7-11-18(12-8-16)27-19-13-9-17(10-14-19)22-23(24(25)26)29-21-6-4-3-5-20(21)28-22/h3-15,22-23H,1-2H3,(H,25,26). The number of fused-ring (bicyclic) bond motifs is 1. The number of para-hydroxylation sites is 2. The van der Waals surface area contributed by atoms with Gasteiger partial charge in [0.05, 0.1) is 0 Å². The van der Waals surface area contributed by atoms with Crippen LogP contribution in [0.5, 0.6) is 23.0 Å². The average molecular weight is 390 g/mol. The van der Waals surface area contributed by atoms with E-state index >= 15 is 0 Å². The van der Waals surface area contributed by atoms with Gasteiger partial charge in [0.1, 0.15) is 11.5 Å². The summed E-state index contributed by atoms with van der Waals surface area (Å²) in [6.45, 7) is 4.29. The van der Waals surface area contributed by atoms with Crippen molar-refractivity contribution in [2.45, 2.75) is 32.0 Å². The summed E-state index contributed by atoms with van der Waals surface area (Å²) in [7, 11) is 0. The van der Waals surface area contributed by atoms with Crippen LogP contribution in [0.4, 0.5) is 0 Å². The number of ether oxygens (including phenoxy) is 3. The number of carboxylic acid groups (broad SMARTS) is 1. The summed E-state index contributed by atoms with van der Waals surface area (Å²) in [5, 5.41) is 9.58. The summed E-state index contributed by atoms with van der Waals surface area (Å²) in [5.41, 5.74) is 1.96. The molecule has 0 saturated carbocycles. The van der Waals surface area contributed by atoms with Crippen LogP contribution in [0.1, 0.15) is 37.0 Å². The Labute approximate surface area is 169 Å². The highest BCUT2D eigenvalue weighted by molar-refractivity contribution is 5.75. The van der Waals surface area contributed by atoms with Gasteiger partial charge in [-0.25, -0.2) is 4.79 Å². The number of aliphatic carboxylic acids is 1. The second-order valence-electron chi connectivity index (χ2n) is 7.26. The van der Waals surface area contributed by atoms with Crippen LogP contribution in [0, 0.1) is 0 Å². The monoisotopic (exact) mass is 390 g/mol. The third-order valence-electron chi connectivity index (χ3n) is 4.87. The van der Waals surface area contributed by atoms with E-state index < -0.39 is 18.2 Å². The molecule has 0 aromatic heterocycles. The Kier molecular flexibility index (Phi) is 5.12. The maximum absolute atomic E-state index is 11.7. The first-order valence-electron chi connectivity index (χ1n) is 9.54. The first kappa shape index (κ1) is 18.9. The molecule has 0 bridgehead atoms. The van der Waals surface area contributed by atoms with Gasteiger partial charge in [0, 0.05) is 0 Å². The van der Waals surface area contributed by atoms with Gasteiger partial charge in [0.2, 0.25) is 6.10 Å². The number of carbonyl (C=O) groups is 1. The zero-order chi connectivity index (χ0) is 20.4. The molecule has 0 saturated heterocycles. The van der Waals surface area contributed by atoms with Crippen LogP contribution in [0.3, 0.4) is 0 Å². The molecule has 0 aliphatic carbocycles. The van der Waals surface area contributed by atoms with E-state index in [1.807, 2.05) is 18.2 Å². The van der Waals surface area contributed by atoms with Crippen molar-refractivity contribution < 1.29 is 24.1 Å². The summed E-state index contributed by atoms with van der Waals surface area (Å²) in [5.74, 6) is 1.76. The number of hydrogen-bond donors (Lipinski definition) is 1. The molecule has 3 aromatic rings. The van der Waals surface area contributed by atoms with E-state index in [4.69, 9.17) is 14.2 Å². The largest absolute Gasteiger partial charge is 0.478 e. The SMILES string of the molecule is CC(C)c1ccc(Oc2ccc(C3Oc4ccccc4OC3C(=O)O)cc2)cc1. The number of hydrogen-bond acceptors (Lipinski definition) is 4. The summed E-state index contributed by atoms with van der Waals surface area (Å²) < 4.78 is 17.5. The smallest absolute Gasteiger partial charge is 0.349 e. The van der Waals surface area contributed by atoms with Gasteiger partial charge in [-0.3, -0.25) is 0 Å². The van der Waals surface area contributed by atoms with Gasteiger partial charge in [0.15, 0.2) is 17.6 Å². The third-order valence-corrected chi connectivity index (χ3v) is 4.87. The molecule has 0 fully saturated rings. The van der Waals surface area contributed by atoms with E-state index in [2.05, 4.69) is 26.0 Å². The Hall–Kier alpha value is -3.47. The van der Waals surface area contributed by atoms with E-state index in [0.29, 0.717) is 28.7 Å². The van der Waals surface area contributed by atoms with Crippen LogP contribution in [0.2, 0.25) is 0 Å². The van der Waals surface area contributed by atoms with Gasteiger partial charge in [-0.1, -0.05) is 50.2 Å². The van der Waals surface area contributed by atoms with Gasteiger partial charge in [-0.15, -0.1) is 0 Å². The molecule has 1 heterocycles. The van der Waals surface area contributed by atoms with E-state index in [1.54, 1.807) is 42.5 Å². The lowest BCUT2D eigenvalue weighted by Crippen LogP contribution is -2.39. The molecule has 3 aromatic carbocycles. The minimum absolute atomic E-state index is 0.431. The molecular formula is C24H22O5. The van der Waals surface area contributed by atoms with Crippen LogP contribution < -0.4 is 14.2 Å². The van der Waals surface area contributed by atoms with Crippen LogP contribution in [0.25, 0.3) is 0 Å². The van der Waals surface area contributed by atoms with Crippen LogP contribution in [-0.4, -0.2) is 17.2 Å². The molecule has 0 radical (unpaired) electrons. The topological polar surface area (TPSA) is 65.0 Å². The second-order valence-corrected chi connectivity index (χ2v) is 7.26. The Balaban J connectivity index is 1.52. The van der Waals surface area contributed by atoms with E-state index in [0.717, 1.165) is 5.75 Å². The number of benzene rings is 3.